The summed E-state index contributed by atoms with van der Waals surface area (Å²) in [6.45, 7) is 3.11. The Morgan fingerprint density at radius 1 is 1.35 bits per heavy atom. The van der Waals surface area contributed by atoms with Crippen LogP contribution in [0.3, 0.4) is 0 Å². The van der Waals surface area contributed by atoms with Crippen molar-refractivity contribution in [2.45, 2.75) is 19.4 Å². The van der Waals surface area contributed by atoms with Crippen molar-refractivity contribution in [3.8, 4) is 0 Å². The van der Waals surface area contributed by atoms with Crippen LogP contribution < -0.4 is 5.69 Å². The van der Waals surface area contributed by atoms with E-state index in [0.717, 1.165) is 38.8 Å². The molecule has 6 nitrogen and oxygen atoms in total. The van der Waals surface area contributed by atoms with Crippen molar-refractivity contribution >= 4 is 11.9 Å². The van der Waals surface area contributed by atoms with E-state index in [4.69, 9.17) is 0 Å². The van der Waals surface area contributed by atoms with Gasteiger partial charge in [0.2, 0.25) is 0 Å². The quantitative estimate of drug-likeness (QED) is 0.758. The highest BCUT2D eigenvalue weighted by atomic mass is 16.2. The van der Waals surface area contributed by atoms with Crippen molar-refractivity contribution in [2.24, 2.45) is 5.92 Å². The molecule has 0 radical (unpaired) electrons. The Bertz CT molecular complexity index is 660. The zero-order chi connectivity index (χ0) is 13.9. The topological polar surface area (TPSA) is 59.6 Å². The van der Waals surface area contributed by atoms with E-state index < -0.39 is 0 Å². The molecule has 2 aromatic rings. The number of carbonyl (C=O) groups is 1. The first-order chi connectivity index (χ1) is 9.78. The minimum Gasteiger partial charge on any atom is -0.303 e. The summed E-state index contributed by atoms with van der Waals surface area (Å²) in [5.41, 5.74) is 0.562. The number of likely N-dealkylation sites (tertiary alicyclic amines) is 1. The molecule has 3 rings (SSSR count). The highest BCUT2D eigenvalue weighted by Gasteiger charge is 2.19. The number of hydrogen-bond donors (Lipinski definition) is 0. The molecule has 1 aliphatic heterocycles. The smallest absolute Gasteiger partial charge is 0.303 e. The molecule has 0 saturated carbocycles. The summed E-state index contributed by atoms with van der Waals surface area (Å²) in [7, 11) is 0. The molecule has 20 heavy (non-hydrogen) atoms. The molecule has 1 aliphatic rings. The van der Waals surface area contributed by atoms with Crippen LogP contribution >= 0.6 is 0 Å². The lowest BCUT2D eigenvalue weighted by Gasteiger charge is -2.29. The first-order valence-corrected chi connectivity index (χ1v) is 7.00. The van der Waals surface area contributed by atoms with E-state index in [2.05, 4.69) is 10.00 Å². The van der Waals surface area contributed by atoms with Crippen LogP contribution in [-0.4, -0.2) is 45.0 Å². The average molecular weight is 274 g/mol. The Balaban J connectivity index is 1.69. The number of pyridine rings is 1. The zero-order valence-electron chi connectivity index (χ0n) is 11.3. The fourth-order valence-electron chi connectivity index (χ4n) is 2.76. The molecule has 0 aliphatic carbocycles. The monoisotopic (exact) mass is 274 g/mol. The Morgan fingerprint density at radius 3 is 3.05 bits per heavy atom. The number of piperidine rings is 1. The summed E-state index contributed by atoms with van der Waals surface area (Å²) in [5, 5.41) is 4.31. The van der Waals surface area contributed by atoms with E-state index in [0.29, 0.717) is 12.2 Å². The molecule has 106 valence electrons. The predicted octanol–water partition coefficient (Wildman–Crippen LogP) is 0.407. The number of hydrogen-bond acceptors (Lipinski definition) is 4. The van der Waals surface area contributed by atoms with Crippen LogP contribution in [0.4, 0.5) is 0 Å². The second-order valence-corrected chi connectivity index (χ2v) is 5.27. The van der Waals surface area contributed by atoms with Crippen LogP contribution in [0.2, 0.25) is 0 Å². The van der Waals surface area contributed by atoms with Gasteiger partial charge in [-0.3, -0.25) is 4.40 Å². The maximum atomic E-state index is 12.1. The van der Waals surface area contributed by atoms with Crippen molar-refractivity contribution < 1.29 is 4.79 Å². The first-order valence-electron chi connectivity index (χ1n) is 7.00. The third-order valence-electron chi connectivity index (χ3n) is 3.85. The number of aldehydes is 1. The van der Waals surface area contributed by atoms with Crippen molar-refractivity contribution in [1.82, 2.24) is 19.1 Å². The van der Waals surface area contributed by atoms with Crippen LogP contribution in [0.25, 0.3) is 5.65 Å². The lowest BCUT2D eigenvalue weighted by Crippen LogP contribution is -2.39. The van der Waals surface area contributed by atoms with Gasteiger partial charge in [0.15, 0.2) is 5.65 Å². The molecule has 1 fully saturated rings. The number of nitrogens with zero attached hydrogens (tertiary/aromatic N) is 4. The standard InChI is InChI=1S/C14H18N4O2/c19-11-12-4-3-6-16(10-12)8-9-18-14(20)17-7-2-1-5-13(17)15-18/h1-2,5,7,11-12H,3-4,6,8-10H2. The molecule has 6 heteroatoms. The molecule has 1 saturated heterocycles. The summed E-state index contributed by atoms with van der Waals surface area (Å²) in [4.78, 5) is 25.2. The molecule has 0 amide bonds. The number of fused-ring (bicyclic) bond motifs is 1. The Hall–Kier alpha value is -1.95. The highest BCUT2D eigenvalue weighted by molar-refractivity contribution is 5.53. The molecule has 1 unspecified atom stereocenters. The van der Waals surface area contributed by atoms with E-state index >= 15 is 0 Å². The van der Waals surface area contributed by atoms with Gasteiger partial charge in [0, 0.05) is 25.2 Å². The molecule has 2 aromatic heterocycles. The van der Waals surface area contributed by atoms with Crippen LogP contribution in [-0.2, 0) is 11.3 Å². The summed E-state index contributed by atoms with van der Waals surface area (Å²) < 4.78 is 3.05. The van der Waals surface area contributed by atoms with Gasteiger partial charge >= 0.3 is 5.69 Å². The molecule has 3 heterocycles. The summed E-state index contributed by atoms with van der Waals surface area (Å²) >= 11 is 0. The van der Waals surface area contributed by atoms with E-state index in [9.17, 15) is 9.59 Å². The summed E-state index contributed by atoms with van der Waals surface area (Å²) in [6, 6.07) is 5.51. The molecule has 0 N–H and O–H groups in total. The molecular formula is C14H18N4O2. The second-order valence-electron chi connectivity index (χ2n) is 5.27. The van der Waals surface area contributed by atoms with Crippen LogP contribution in [0.15, 0.2) is 29.2 Å². The average Bonchev–Trinajstić information content (AvgIpc) is 2.82. The predicted molar refractivity (Wildman–Crippen MR) is 74.7 cm³/mol. The molecule has 0 aromatic carbocycles. The largest absolute Gasteiger partial charge is 0.350 e. The number of aromatic nitrogens is 3. The number of rotatable bonds is 4. The minimum atomic E-state index is -0.107. The normalized spacial score (nSPS) is 20.3. The Labute approximate surface area is 116 Å². The highest BCUT2D eigenvalue weighted by Crippen LogP contribution is 2.13. The van der Waals surface area contributed by atoms with Gasteiger partial charge in [-0.05, 0) is 31.5 Å². The third-order valence-corrected chi connectivity index (χ3v) is 3.85. The third kappa shape index (κ3) is 2.51. The Morgan fingerprint density at radius 2 is 2.25 bits per heavy atom. The fraction of sp³-hybridized carbons (Fsp3) is 0.500. The molecular weight excluding hydrogens is 256 g/mol. The minimum absolute atomic E-state index is 0.107. The zero-order valence-corrected chi connectivity index (χ0v) is 11.3. The van der Waals surface area contributed by atoms with Gasteiger partial charge in [-0.1, -0.05) is 6.07 Å². The van der Waals surface area contributed by atoms with Crippen LogP contribution in [0, 0.1) is 5.92 Å². The van der Waals surface area contributed by atoms with Crippen molar-refractivity contribution in [3.63, 3.8) is 0 Å². The molecule has 0 spiro atoms. The van der Waals surface area contributed by atoms with Gasteiger partial charge < -0.3 is 9.69 Å². The maximum absolute atomic E-state index is 12.1. The van der Waals surface area contributed by atoms with E-state index in [1.54, 1.807) is 10.6 Å². The van der Waals surface area contributed by atoms with Crippen LogP contribution in [0.1, 0.15) is 12.8 Å². The first kappa shape index (κ1) is 13.1. The molecule has 1 atom stereocenters. The maximum Gasteiger partial charge on any atom is 0.350 e. The Kier molecular flexibility index (Phi) is 3.64. The van der Waals surface area contributed by atoms with Crippen molar-refractivity contribution in [1.29, 1.82) is 0 Å². The van der Waals surface area contributed by atoms with Crippen LogP contribution in [0.5, 0.6) is 0 Å². The van der Waals surface area contributed by atoms with Gasteiger partial charge in [0.25, 0.3) is 0 Å². The molecule has 0 bridgehead atoms. The SMILES string of the molecule is O=CC1CCCN(CCn2nc3ccccn3c2=O)C1. The summed E-state index contributed by atoms with van der Waals surface area (Å²) in [6.07, 6.45) is 4.80. The summed E-state index contributed by atoms with van der Waals surface area (Å²) in [5.74, 6) is 0.140. The lowest BCUT2D eigenvalue weighted by molar-refractivity contribution is -0.112. The fourth-order valence-corrected chi connectivity index (χ4v) is 2.76. The lowest BCUT2D eigenvalue weighted by atomic mass is 10.00. The van der Waals surface area contributed by atoms with E-state index in [-0.39, 0.29) is 11.6 Å². The van der Waals surface area contributed by atoms with E-state index in [1.165, 1.54) is 4.68 Å². The van der Waals surface area contributed by atoms with Gasteiger partial charge in [0.1, 0.15) is 6.29 Å². The van der Waals surface area contributed by atoms with Gasteiger partial charge in [0.05, 0.1) is 6.54 Å². The van der Waals surface area contributed by atoms with Crippen molar-refractivity contribution in [2.75, 3.05) is 19.6 Å². The van der Waals surface area contributed by atoms with Gasteiger partial charge in [-0.2, -0.15) is 0 Å². The van der Waals surface area contributed by atoms with Crippen molar-refractivity contribution in [3.05, 3.63) is 34.9 Å². The second kappa shape index (κ2) is 5.58. The van der Waals surface area contributed by atoms with Gasteiger partial charge in [-0.15, -0.1) is 5.10 Å². The van der Waals surface area contributed by atoms with Gasteiger partial charge in [-0.25, -0.2) is 9.48 Å². The number of carbonyl (C=O) groups excluding carboxylic acids is 1. The van der Waals surface area contributed by atoms with E-state index in [1.807, 2.05) is 18.2 Å².